The second kappa shape index (κ2) is 8.48. The fourth-order valence-electron chi connectivity index (χ4n) is 3.20. The summed E-state index contributed by atoms with van der Waals surface area (Å²) in [6.07, 6.45) is 7.66. The van der Waals surface area contributed by atoms with Gasteiger partial charge in [-0.15, -0.1) is 0 Å². The highest BCUT2D eigenvalue weighted by Gasteiger charge is 2.24. The first kappa shape index (κ1) is 19.2. The molecule has 150 valence electrons. The Kier molecular flexibility index (Phi) is 5.62. The van der Waals surface area contributed by atoms with Crippen LogP contribution in [0.1, 0.15) is 16.1 Å². The van der Waals surface area contributed by atoms with E-state index in [0.717, 1.165) is 5.56 Å². The number of benzene rings is 1. The van der Waals surface area contributed by atoms with Crippen molar-refractivity contribution < 1.29 is 19.1 Å². The van der Waals surface area contributed by atoms with E-state index in [0.29, 0.717) is 61.6 Å². The molecule has 0 radical (unpaired) electrons. The molecule has 0 atom stereocenters. The van der Waals surface area contributed by atoms with Gasteiger partial charge in [0, 0.05) is 44.6 Å². The van der Waals surface area contributed by atoms with E-state index >= 15 is 0 Å². The monoisotopic (exact) mass is 414 g/mol. The van der Waals surface area contributed by atoms with Crippen LogP contribution in [0, 0.1) is 0 Å². The van der Waals surface area contributed by atoms with Crippen molar-refractivity contribution in [1.29, 1.82) is 0 Å². The Morgan fingerprint density at radius 2 is 1.79 bits per heavy atom. The molecule has 1 aromatic heterocycles. The molecule has 0 unspecified atom stereocenters. The van der Waals surface area contributed by atoms with E-state index in [1.807, 2.05) is 0 Å². The van der Waals surface area contributed by atoms with Gasteiger partial charge in [-0.1, -0.05) is 11.6 Å². The maximum absolute atomic E-state index is 12.5. The molecule has 2 aromatic rings. The standard InChI is InChI=1S/C20H19ClN4O4/c21-15-11-14(12-17-19(15)29-10-9-28-17)1-2-18(26)24-5-7-25(8-6-24)20(27)16-13-22-3-4-23-16/h1-4,11-13H,5-10H2/b2-1+. The first-order chi connectivity index (χ1) is 14.1. The molecule has 2 aliphatic rings. The Labute approximate surface area is 172 Å². The van der Waals surface area contributed by atoms with E-state index in [2.05, 4.69) is 9.97 Å². The molecule has 9 heteroatoms. The third-order valence-electron chi connectivity index (χ3n) is 4.70. The molecule has 3 heterocycles. The molecule has 0 bridgehead atoms. The van der Waals surface area contributed by atoms with E-state index in [1.165, 1.54) is 24.7 Å². The van der Waals surface area contributed by atoms with Gasteiger partial charge in [0.25, 0.3) is 5.91 Å². The Bertz CT molecular complexity index is 943. The number of halogens is 1. The zero-order valence-electron chi connectivity index (χ0n) is 15.6. The number of hydrogen-bond acceptors (Lipinski definition) is 6. The number of ether oxygens (including phenoxy) is 2. The van der Waals surface area contributed by atoms with Crippen LogP contribution in [0.15, 0.2) is 36.8 Å². The number of hydrogen-bond donors (Lipinski definition) is 0. The van der Waals surface area contributed by atoms with Crippen LogP contribution in [0.5, 0.6) is 11.5 Å². The maximum Gasteiger partial charge on any atom is 0.274 e. The molecule has 0 aliphatic carbocycles. The quantitative estimate of drug-likeness (QED) is 0.713. The number of fused-ring (bicyclic) bond motifs is 1. The molecular weight excluding hydrogens is 396 g/mol. The smallest absolute Gasteiger partial charge is 0.274 e. The van der Waals surface area contributed by atoms with Crippen LogP contribution in [0.3, 0.4) is 0 Å². The lowest BCUT2D eigenvalue weighted by Crippen LogP contribution is -2.50. The predicted molar refractivity (Wildman–Crippen MR) is 106 cm³/mol. The number of amides is 2. The molecule has 1 aromatic carbocycles. The second-order valence-corrected chi connectivity index (χ2v) is 6.98. The summed E-state index contributed by atoms with van der Waals surface area (Å²) in [4.78, 5) is 36.3. The summed E-state index contributed by atoms with van der Waals surface area (Å²) in [7, 11) is 0. The highest BCUT2D eigenvalue weighted by molar-refractivity contribution is 6.32. The van der Waals surface area contributed by atoms with Crippen molar-refractivity contribution in [3.8, 4) is 11.5 Å². The normalized spacial score (nSPS) is 16.2. The summed E-state index contributed by atoms with van der Waals surface area (Å²) in [5, 5.41) is 0.449. The minimum Gasteiger partial charge on any atom is -0.486 e. The molecule has 29 heavy (non-hydrogen) atoms. The Hall–Kier alpha value is -3.13. The molecule has 1 fully saturated rings. The van der Waals surface area contributed by atoms with Gasteiger partial charge in [-0.05, 0) is 23.8 Å². The third-order valence-corrected chi connectivity index (χ3v) is 4.98. The topological polar surface area (TPSA) is 84.9 Å². The summed E-state index contributed by atoms with van der Waals surface area (Å²) in [5.74, 6) is 0.812. The average molecular weight is 415 g/mol. The van der Waals surface area contributed by atoms with Gasteiger partial charge in [-0.25, -0.2) is 4.98 Å². The van der Waals surface area contributed by atoms with Gasteiger partial charge in [0.1, 0.15) is 18.9 Å². The molecule has 0 saturated carbocycles. The Balaban J connectivity index is 1.35. The van der Waals surface area contributed by atoms with Gasteiger partial charge in [0.05, 0.1) is 11.2 Å². The average Bonchev–Trinajstić information content (AvgIpc) is 2.78. The molecule has 8 nitrogen and oxygen atoms in total. The molecular formula is C20H19ClN4O4. The van der Waals surface area contributed by atoms with Crippen LogP contribution in [0.4, 0.5) is 0 Å². The summed E-state index contributed by atoms with van der Waals surface area (Å²) in [5.41, 5.74) is 1.06. The number of carbonyl (C=O) groups is 2. The highest BCUT2D eigenvalue weighted by atomic mass is 35.5. The molecule has 1 saturated heterocycles. The molecule has 0 N–H and O–H groups in total. The van der Waals surface area contributed by atoms with Crippen molar-refractivity contribution in [3.63, 3.8) is 0 Å². The minimum atomic E-state index is -0.174. The van der Waals surface area contributed by atoms with Crippen LogP contribution >= 0.6 is 11.6 Å². The number of nitrogens with zero attached hydrogens (tertiary/aromatic N) is 4. The van der Waals surface area contributed by atoms with E-state index in [-0.39, 0.29) is 11.8 Å². The Morgan fingerprint density at radius 3 is 2.55 bits per heavy atom. The number of aromatic nitrogens is 2. The predicted octanol–water partition coefficient (Wildman–Crippen LogP) is 1.90. The largest absolute Gasteiger partial charge is 0.486 e. The zero-order valence-corrected chi connectivity index (χ0v) is 16.3. The van der Waals surface area contributed by atoms with Crippen LogP contribution in [-0.2, 0) is 4.79 Å². The van der Waals surface area contributed by atoms with Crippen molar-refractivity contribution in [1.82, 2.24) is 19.8 Å². The van der Waals surface area contributed by atoms with Crippen molar-refractivity contribution in [2.45, 2.75) is 0 Å². The fourth-order valence-corrected chi connectivity index (χ4v) is 3.48. The van der Waals surface area contributed by atoms with Crippen LogP contribution in [-0.4, -0.2) is 71.0 Å². The highest BCUT2D eigenvalue weighted by Crippen LogP contribution is 2.38. The van der Waals surface area contributed by atoms with Crippen LogP contribution < -0.4 is 9.47 Å². The number of carbonyl (C=O) groups excluding carboxylic acids is 2. The summed E-state index contributed by atoms with van der Waals surface area (Å²) in [6, 6.07) is 3.53. The number of rotatable bonds is 3. The maximum atomic E-state index is 12.5. The van der Waals surface area contributed by atoms with Gasteiger partial charge in [-0.2, -0.15) is 0 Å². The lowest BCUT2D eigenvalue weighted by atomic mass is 10.1. The van der Waals surface area contributed by atoms with Gasteiger partial charge in [-0.3, -0.25) is 14.6 Å². The zero-order chi connectivity index (χ0) is 20.2. The SMILES string of the molecule is O=C(/C=C/c1cc(Cl)c2c(c1)OCCO2)N1CCN(C(=O)c2cnccn2)CC1. The van der Waals surface area contributed by atoms with E-state index in [9.17, 15) is 9.59 Å². The van der Waals surface area contributed by atoms with Gasteiger partial charge in [0.15, 0.2) is 11.5 Å². The van der Waals surface area contributed by atoms with Crippen LogP contribution in [0.25, 0.3) is 6.08 Å². The summed E-state index contributed by atoms with van der Waals surface area (Å²) in [6.45, 7) is 2.74. The van der Waals surface area contributed by atoms with Crippen molar-refractivity contribution in [2.75, 3.05) is 39.4 Å². The Morgan fingerprint density at radius 1 is 1.03 bits per heavy atom. The van der Waals surface area contributed by atoms with Crippen molar-refractivity contribution in [2.24, 2.45) is 0 Å². The third kappa shape index (κ3) is 4.32. The van der Waals surface area contributed by atoms with E-state index in [4.69, 9.17) is 21.1 Å². The van der Waals surface area contributed by atoms with Crippen molar-refractivity contribution in [3.05, 3.63) is 53.1 Å². The lowest BCUT2D eigenvalue weighted by molar-refractivity contribution is -0.127. The van der Waals surface area contributed by atoms with Gasteiger partial charge >= 0.3 is 0 Å². The molecule has 4 rings (SSSR count). The van der Waals surface area contributed by atoms with Crippen LogP contribution in [0.2, 0.25) is 5.02 Å². The van der Waals surface area contributed by atoms with Gasteiger partial charge < -0.3 is 19.3 Å². The summed E-state index contributed by atoms with van der Waals surface area (Å²) >= 11 is 6.23. The minimum absolute atomic E-state index is 0.123. The van der Waals surface area contributed by atoms with Gasteiger partial charge in [0.2, 0.25) is 5.91 Å². The fraction of sp³-hybridized carbons (Fsp3) is 0.300. The molecule has 2 amide bonds. The molecule has 2 aliphatic heterocycles. The lowest BCUT2D eigenvalue weighted by Gasteiger charge is -2.34. The number of piperazine rings is 1. The first-order valence-corrected chi connectivity index (χ1v) is 9.61. The summed E-state index contributed by atoms with van der Waals surface area (Å²) < 4.78 is 11.0. The first-order valence-electron chi connectivity index (χ1n) is 9.23. The van der Waals surface area contributed by atoms with Crippen molar-refractivity contribution >= 4 is 29.5 Å². The van der Waals surface area contributed by atoms with E-state index in [1.54, 1.807) is 28.0 Å². The molecule has 0 spiro atoms. The van der Waals surface area contributed by atoms with E-state index < -0.39 is 0 Å². The second-order valence-electron chi connectivity index (χ2n) is 6.57.